The van der Waals surface area contributed by atoms with E-state index < -0.39 is 60.4 Å². The molecule has 0 aliphatic rings. The number of nitrogens with two attached hydrogens (primary N) is 2. The number of primary amides is 1. The Bertz CT molecular complexity index is 846. The molecule has 0 saturated carbocycles. The van der Waals surface area contributed by atoms with Gasteiger partial charge in [-0.05, 0) is 12.3 Å². The van der Waals surface area contributed by atoms with Gasteiger partial charge in [0.15, 0.2) is 0 Å². The van der Waals surface area contributed by atoms with Gasteiger partial charge in [-0.3, -0.25) is 19.2 Å². The van der Waals surface area contributed by atoms with E-state index in [-0.39, 0.29) is 25.2 Å². The molecule has 5 atom stereocenters. The monoisotopic (exact) mass is 483 g/mol. The number of hydrogen-bond donors (Lipinski definition) is 8. The lowest BCUT2D eigenvalue weighted by molar-refractivity contribution is -0.142. The summed E-state index contributed by atoms with van der Waals surface area (Å²) in [5, 5.41) is 25.9. The van der Waals surface area contributed by atoms with Gasteiger partial charge >= 0.3 is 5.97 Å². The van der Waals surface area contributed by atoms with Crippen LogP contribution in [0.4, 0.5) is 0 Å². The van der Waals surface area contributed by atoms with Crippen LogP contribution in [-0.4, -0.2) is 80.6 Å². The minimum absolute atomic E-state index is 0.113. The molecule has 1 aromatic rings. The minimum Gasteiger partial charge on any atom is -0.480 e. The molecule has 0 spiro atoms. The second-order valence-corrected chi connectivity index (χ2v) is 7.90. The number of aromatic amines is 1. The lowest BCUT2D eigenvalue weighted by atomic mass is 9.98. The van der Waals surface area contributed by atoms with Crippen LogP contribution in [0.2, 0.25) is 0 Å². The maximum atomic E-state index is 12.8. The van der Waals surface area contributed by atoms with Gasteiger partial charge in [0.2, 0.25) is 23.6 Å². The van der Waals surface area contributed by atoms with Gasteiger partial charge in [0.1, 0.15) is 18.1 Å². The fourth-order valence-electron chi connectivity index (χ4n) is 2.89. The van der Waals surface area contributed by atoms with Crippen molar-refractivity contribution >= 4 is 29.6 Å². The molecule has 14 heteroatoms. The van der Waals surface area contributed by atoms with E-state index in [0.29, 0.717) is 12.1 Å². The summed E-state index contributed by atoms with van der Waals surface area (Å²) in [4.78, 5) is 66.9. The molecule has 14 nitrogen and oxygen atoms in total. The Morgan fingerprint density at radius 2 is 1.65 bits per heavy atom. The molecule has 10 N–H and O–H groups in total. The van der Waals surface area contributed by atoms with Gasteiger partial charge < -0.3 is 42.6 Å². The van der Waals surface area contributed by atoms with Crippen LogP contribution in [0.25, 0.3) is 0 Å². The van der Waals surface area contributed by atoms with E-state index >= 15 is 0 Å². The Morgan fingerprint density at radius 1 is 1.06 bits per heavy atom. The Morgan fingerprint density at radius 3 is 2.15 bits per heavy atom. The van der Waals surface area contributed by atoms with Crippen molar-refractivity contribution in [1.82, 2.24) is 25.9 Å². The number of H-pyrrole nitrogens is 1. The summed E-state index contributed by atoms with van der Waals surface area (Å²) in [6.45, 7) is 2.75. The maximum Gasteiger partial charge on any atom is 0.326 e. The summed E-state index contributed by atoms with van der Waals surface area (Å²) in [6, 6.07) is -5.06. The number of carbonyl (C=O) groups is 5. The first kappa shape index (κ1) is 28.5. The first-order valence-electron chi connectivity index (χ1n) is 10.8. The third kappa shape index (κ3) is 9.15. The van der Waals surface area contributed by atoms with E-state index in [1.54, 1.807) is 6.92 Å². The lowest BCUT2D eigenvalue weighted by Gasteiger charge is -2.25. The number of hydrogen-bond acceptors (Lipinski definition) is 8. The minimum atomic E-state index is -1.52. The highest BCUT2D eigenvalue weighted by molar-refractivity contribution is 5.94. The number of carboxylic acids is 1. The van der Waals surface area contributed by atoms with Gasteiger partial charge in [-0.1, -0.05) is 20.3 Å². The van der Waals surface area contributed by atoms with Crippen LogP contribution >= 0.6 is 0 Å². The SMILES string of the molecule is CCC(C)C(N)C(=O)NC(CCC(N)=O)C(=O)NC(CO)C(=O)NC(Cc1cnc[nH]1)C(=O)O. The van der Waals surface area contributed by atoms with Crippen LogP contribution in [0, 0.1) is 5.92 Å². The van der Waals surface area contributed by atoms with Crippen LogP contribution in [0.15, 0.2) is 12.5 Å². The Balaban J connectivity index is 2.88. The second-order valence-electron chi connectivity index (χ2n) is 7.90. The van der Waals surface area contributed by atoms with Crippen molar-refractivity contribution in [2.45, 2.75) is 63.7 Å². The number of amides is 4. The molecule has 34 heavy (non-hydrogen) atoms. The molecule has 0 aliphatic heterocycles. The van der Waals surface area contributed by atoms with Crippen molar-refractivity contribution in [3.05, 3.63) is 18.2 Å². The van der Waals surface area contributed by atoms with Crippen molar-refractivity contribution in [2.75, 3.05) is 6.61 Å². The molecule has 0 aromatic carbocycles. The van der Waals surface area contributed by atoms with E-state index in [1.165, 1.54) is 12.5 Å². The highest BCUT2D eigenvalue weighted by Gasteiger charge is 2.31. The number of carboxylic acid groups (broad SMARTS) is 1. The molecular weight excluding hydrogens is 450 g/mol. The quantitative estimate of drug-likeness (QED) is 0.127. The van der Waals surface area contributed by atoms with Crippen molar-refractivity contribution in [3.63, 3.8) is 0 Å². The highest BCUT2D eigenvalue weighted by Crippen LogP contribution is 2.07. The number of aromatic nitrogens is 2. The average Bonchev–Trinajstić information content (AvgIpc) is 3.31. The number of imidazole rings is 1. The molecule has 0 saturated heterocycles. The summed E-state index contributed by atoms with van der Waals surface area (Å²) in [5.74, 6) is -4.69. The third-order valence-corrected chi connectivity index (χ3v) is 5.28. The van der Waals surface area contributed by atoms with Crippen molar-refractivity contribution < 1.29 is 34.2 Å². The third-order valence-electron chi connectivity index (χ3n) is 5.28. The number of aliphatic carboxylic acids is 1. The van der Waals surface area contributed by atoms with E-state index in [4.69, 9.17) is 11.5 Å². The van der Waals surface area contributed by atoms with E-state index in [2.05, 4.69) is 25.9 Å². The predicted octanol–water partition coefficient (Wildman–Crippen LogP) is -2.88. The van der Waals surface area contributed by atoms with Gasteiger partial charge in [0.05, 0.1) is 19.0 Å². The Hall–Kier alpha value is -3.52. The predicted molar refractivity (Wildman–Crippen MR) is 119 cm³/mol. The van der Waals surface area contributed by atoms with Crippen molar-refractivity contribution in [1.29, 1.82) is 0 Å². The van der Waals surface area contributed by atoms with Gasteiger partial charge in [0, 0.05) is 24.7 Å². The highest BCUT2D eigenvalue weighted by atomic mass is 16.4. The first-order valence-corrected chi connectivity index (χ1v) is 10.8. The maximum absolute atomic E-state index is 12.8. The Kier molecular flexibility index (Phi) is 11.7. The summed E-state index contributed by atoms with van der Waals surface area (Å²) in [6.07, 6.45) is 2.83. The number of nitrogens with zero attached hydrogens (tertiary/aromatic N) is 1. The van der Waals surface area contributed by atoms with Gasteiger partial charge in [-0.2, -0.15) is 0 Å². The van der Waals surface area contributed by atoms with Gasteiger partial charge in [0.25, 0.3) is 0 Å². The zero-order chi connectivity index (χ0) is 25.8. The van der Waals surface area contributed by atoms with Crippen LogP contribution in [0.5, 0.6) is 0 Å². The molecule has 0 bridgehead atoms. The zero-order valence-corrected chi connectivity index (χ0v) is 19.1. The molecule has 0 radical (unpaired) electrons. The van der Waals surface area contributed by atoms with Gasteiger partial charge in [-0.25, -0.2) is 9.78 Å². The number of aliphatic hydroxyl groups excluding tert-OH is 1. The fourth-order valence-corrected chi connectivity index (χ4v) is 2.89. The molecule has 190 valence electrons. The molecule has 1 heterocycles. The van der Waals surface area contributed by atoms with E-state index in [0.717, 1.165) is 0 Å². The van der Waals surface area contributed by atoms with Crippen LogP contribution < -0.4 is 27.4 Å². The number of aliphatic hydroxyl groups is 1. The number of carbonyl (C=O) groups excluding carboxylic acids is 4. The van der Waals surface area contributed by atoms with Crippen LogP contribution in [0.3, 0.4) is 0 Å². The van der Waals surface area contributed by atoms with Crippen molar-refractivity contribution in [3.8, 4) is 0 Å². The summed E-state index contributed by atoms with van der Waals surface area (Å²) < 4.78 is 0. The average molecular weight is 484 g/mol. The van der Waals surface area contributed by atoms with E-state index in [1.807, 2.05) is 6.92 Å². The zero-order valence-electron chi connectivity index (χ0n) is 19.1. The Labute approximate surface area is 196 Å². The largest absolute Gasteiger partial charge is 0.480 e. The summed E-state index contributed by atoms with van der Waals surface area (Å²) in [7, 11) is 0. The van der Waals surface area contributed by atoms with Crippen LogP contribution in [0.1, 0.15) is 38.8 Å². The molecule has 0 aliphatic carbocycles. The molecule has 4 amide bonds. The second kappa shape index (κ2) is 13.9. The summed E-state index contributed by atoms with van der Waals surface area (Å²) in [5.41, 5.74) is 11.5. The first-order chi connectivity index (χ1) is 16.0. The normalized spacial score (nSPS) is 15.3. The van der Waals surface area contributed by atoms with Crippen molar-refractivity contribution in [2.24, 2.45) is 17.4 Å². The van der Waals surface area contributed by atoms with Crippen LogP contribution in [-0.2, 0) is 30.4 Å². The van der Waals surface area contributed by atoms with Gasteiger partial charge in [-0.15, -0.1) is 0 Å². The number of rotatable bonds is 15. The number of nitrogens with one attached hydrogen (secondary N) is 4. The summed E-state index contributed by atoms with van der Waals surface area (Å²) >= 11 is 0. The standard InChI is InChI=1S/C20H33N7O7/c1-3-10(2)16(22)19(32)25-12(4-5-15(21)29)17(30)27-14(8-28)18(31)26-13(20(33)34)6-11-7-23-9-24-11/h7,9-10,12-14,16,28H,3-6,8,22H2,1-2H3,(H2,21,29)(H,23,24)(H,25,32)(H,26,31)(H,27,30)(H,33,34). The molecule has 1 rings (SSSR count). The smallest absolute Gasteiger partial charge is 0.326 e. The molecule has 5 unspecified atom stereocenters. The molecule has 0 fully saturated rings. The fraction of sp³-hybridized carbons (Fsp3) is 0.600. The topological polar surface area (TPSA) is 243 Å². The van der Waals surface area contributed by atoms with E-state index in [9.17, 15) is 34.2 Å². The lowest BCUT2D eigenvalue weighted by Crippen LogP contribution is -2.58. The molecule has 1 aromatic heterocycles. The molecular formula is C20H33N7O7.